The third-order valence-electron chi connectivity index (χ3n) is 3.77. The number of rotatable bonds is 4. The van der Waals surface area contributed by atoms with E-state index in [4.69, 9.17) is 10.5 Å². The number of allylic oxidation sites excluding steroid dienone is 1. The number of aliphatic hydroxyl groups is 1. The molecule has 0 saturated carbocycles. The van der Waals surface area contributed by atoms with Crippen LogP contribution in [-0.2, 0) is 11.2 Å². The molecule has 3 nitrogen and oxygen atoms in total. The van der Waals surface area contributed by atoms with E-state index in [1.165, 1.54) is 12.7 Å². The summed E-state index contributed by atoms with van der Waals surface area (Å²) in [6, 6.07) is 6.13. The van der Waals surface area contributed by atoms with Gasteiger partial charge in [-0.05, 0) is 30.4 Å². The Morgan fingerprint density at radius 3 is 3.06 bits per heavy atom. The lowest BCUT2D eigenvalue weighted by Crippen LogP contribution is -2.34. The van der Waals surface area contributed by atoms with Crippen molar-refractivity contribution >= 4 is 0 Å². The van der Waals surface area contributed by atoms with Crippen LogP contribution in [0.15, 0.2) is 30.9 Å². The number of aliphatic hydroxyl groups excluding tert-OH is 1. The van der Waals surface area contributed by atoms with E-state index in [0.29, 0.717) is 0 Å². The maximum absolute atomic E-state index is 9.97. The van der Waals surface area contributed by atoms with E-state index >= 15 is 0 Å². The van der Waals surface area contributed by atoms with Crippen molar-refractivity contribution in [2.45, 2.75) is 37.5 Å². The summed E-state index contributed by atoms with van der Waals surface area (Å²) in [5, 5.41) is 9.97. The van der Waals surface area contributed by atoms with Crippen LogP contribution in [0.3, 0.4) is 0 Å². The molecule has 0 aliphatic heterocycles. The highest BCUT2D eigenvalue weighted by atomic mass is 16.6. The molecule has 3 atom stereocenters. The third kappa shape index (κ3) is 2.34. The van der Waals surface area contributed by atoms with Crippen molar-refractivity contribution in [3.8, 4) is 0 Å². The van der Waals surface area contributed by atoms with Gasteiger partial charge in [-0.15, -0.1) is 6.58 Å². The summed E-state index contributed by atoms with van der Waals surface area (Å²) in [5.74, 6) is 0.229. The van der Waals surface area contributed by atoms with Crippen LogP contribution in [0.25, 0.3) is 0 Å². The monoisotopic (exact) mass is 247 g/mol. The van der Waals surface area contributed by atoms with Gasteiger partial charge in [-0.1, -0.05) is 24.3 Å². The molecule has 0 bridgehead atoms. The molecule has 3 N–H and O–H groups in total. The second-order valence-electron chi connectivity index (χ2n) is 4.84. The van der Waals surface area contributed by atoms with E-state index in [-0.39, 0.29) is 12.0 Å². The van der Waals surface area contributed by atoms with Crippen LogP contribution >= 0.6 is 0 Å². The first-order chi connectivity index (χ1) is 8.69. The maximum atomic E-state index is 9.97. The van der Waals surface area contributed by atoms with E-state index in [9.17, 15) is 5.11 Å². The predicted molar refractivity (Wildman–Crippen MR) is 72.3 cm³/mol. The summed E-state index contributed by atoms with van der Waals surface area (Å²) >= 11 is 0. The lowest BCUT2D eigenvalue weighted by atomic mass is 9.75. The largest absolute Gasteiger partial charge is 0.364 e. The molecule has 0 aromatic heterocycles. The quantitative estimate of drug-likeness (QED) is 0.634. The molecule has 1 aromatic rings. The van der Waals surface area contributed by atoms with Crippen LogP contribution in [0.2, 0.25) is 0 Å². The average Bonchev–Trinajstić information content (AvgIpc) is 2.40. The minimum atomic E-state index is -0.877. The summed E-state index contributed by atoms with van der Waals surface area (Å²) in [4.78, 5) is 0. The van der Waals surface area contributed by atoms with E-state index in [1.807, 2.05) is 18.2 Å². The fourth-order valence-electron chi connectivity index (χ4n) is 2.86. The highest BCUT2D eigenvalue weighted by Crippen LogP contribution is 2.38. The number of aryl methyl sites for hydroxylation is 1. The van der Waals surface area contributed by atoms with E-state index in [1.54, 1.807) is 0 Å². The normalized spacial score (nSPS) is 24.4. The molecule has 1 aromatic carbocycles. The lowest BCUT2D eigenvalue weighted by Gasteiger charge is -2.33. The molecular weight excluding hydrogens is 226 g/mol. The Bertz CT molecular complexity index is 431. The molecule has 1 aliphatic carbocycles. The van der Waals surface area contributed by atoms with Gasteiger partial charge in [0.05, 0.1) is 0 Å². The van der Waals surface area contributed by atoms with Gasteiger partial charge in [0.25, 0.3) is 0 Å². The molecule has 18 heavy (non-hydrogen) atoms. The Hall–Kier alpha value is -1.16. The Morgan fingerprint density at radius 2 is 2.39 bits per heavy atom. The van der Waals surface area contributed by atoms with Gasteiger partial charge in [-0.2, -0.15) is 0 Å². The molecule has 98 valence electrons. The first kappa shape index (κ1) is 13.3. The van der Waals surface area contributed by atoms with Crippen LogP contribution in [-0.4, -0.2) is 18.3 Å². The zero-order chi connectivity index (χ0) is 13.1. The molecule has 1 aliphatic rings. The SMILES string of the molecule is C=CCC1c2c(cccc2C(O)OC)CCC1N. The Balaban J connectivity index is 2.49. The number of ether oxygens (including phenoxy) is 1. The number of hydrogen-bond acceptors (Lipinski definition) is 3. The van der Waals surface area contributed by atoms with Gasteiger partial charge in [0, 0.05) is 24.6 Å². The lowest BCUT2D eigenvalue weighted by molar-refractivity contribution is -0.0778. The summed E-state index contributed by atoms with van der Waals surface area (Å²) < 4.78 is 5.05. The molecule has 0 spiro atoms. The predicted octanol–water partition coefficient (Wildman–Crippen LogP) is 2.26. The molecule has 3 unspecified atom stereocenters. The van der Waals surface area contributed by atoms with Crippen molar-refractivity contribution in [2.75, 3.05) is 7.11 Å². The van der Waals surface area contributed by atoms with Crippen molar-refractivity contribution < 1.29 is 9.84 Å². The highest BCUT2D eigenvalue weighted by Gasteiger charge is 2.29. The van der Waals surface area contributed by atoms with E-state index < -0.39 is 6.29 Å². The van der Waals surface area contributed by atoms with Gasteiger partial charge in [0.15, 0.2) is 6.29 Å². The molecule has 0 saturated heterocycles. The number of nitrogens with two attached hydrogens (primary N) is 1. The fraction of sp³-hybridized carbons (Fsp3) is 0.467. The molecule has 0 radical (unpaired) electrons. The van der Waals surface area contributed by atoms with E-state index in [0.717, 1.165) is 30.4 Å². The molecule has 2 rings (SSSR count). The number of benzene rings is 1. The molecule has 0 fully saturated rings. The number of hydrogen-bond donors (Lipinski definition) is 2. The summed E-state index contributed by atoms with van der Waals surface area (Å²) in [7, 11) is 1.51. The third-order valence-corrected chi connectivity index (χ3v) is 3.77. The fourth-order valence-corrected chi connectivity index (χ4v) is 2.86. The summed E-state index contributed by atoms with van der Waals surface area (Å²) in [6.45, 7) is 3.81. The average molecular weight is 247 g/mol. The van der Waals surface area contributed by atoms with Gasteiger partial charge < -0.3 is 15.6 Å². The molecule has 0 amide bonds. The summed E-state index contributed by atoms with van der Waals surface area (Å²) in [5.41, 5.74) is 9.50. The Labute approximate surface area is 108 Å². The standard InChI is InChI=1S/C15H21NO2/c1-3-5-11-13(16)9-8-10-6-4-7-12(14(10)11)15(17)18-2/h3-4,6-7,11,13,15,17H,1,5,8-9,16H2,2H3. The number of methoxy groups -OCH3 is 1. The van der Waals surface area contributed by atoms with Gasteiger partial charge in [-0.25, -0.2) is 0 Å². The Kier molecular flexibility index (Phi) is 4.17. The second kappa shape index (κ2) is 5.65. The van der Waals surface area contributed by atoms with Crippen molar-refractivity contribution in [1.29, 1.82) is 0 Å². The van der Waals surface area contributed by atoms with Gasteiger partial charge in [0.2, 0.25) is 0 Å². The van der Waals surface area contributed by atoms with Crippen LogP contribution in [0.1, 0.15) is 41.7 Å². The van der Waals surface area contributed by atoms with Crippen molar-refractivity contribution in [3.05, 3.63) is 47.5 Å². The van der Waals surface area contributed by atoms with Crippen LogP contribution in [0.4, 0.5) is 0 Å². The Morgan fingerprint density at radius 1 is 1.61 bits per heavy atom. The van der Waals surface area contributed by atoms with Crippen LogP contribution < -0.4 is 5.73 Å². The van der Waals surface area contributed by atoms with Crippen LogP contribution in [0, 0.1) is 0 Å². The summed E-state index contributed by atoms with van der Waals surface area (Å²) in [6.07, 6.45) is 3.81. The second-order valence-corrected chi connectivity index (χ2v) is 4.84. The van der Waals surface area contributed by atoms with Crippen molar-refractivity contribution in [1.82, 2.24) is 0 Å². The molecule has 0 heterocycles. The molecule has 3 heteroatoms. The topological polar surface area (TPSA) is 55.5 Å². The zero-order valence-electron chi connectivity index (χ0n) is 10.8. The van der Waals surface area contributed by atoms with Gasteiger partial charge in [-0.3, -0.25) is 0 Å². The minimum Gasteiger partial charge on any atom is -0.364 e. The highest BCUT2D eigenvalue weighted by molar-refractivity contribution is 5.42. The zero-order valence-corrected chi connectivity index (χ0v) is 10.8. The molecular formula is C15H21NO2. The first-order valence-corrected chi connectivity index (χ1v) is 6.38. The number of fused-ring (bicyclic) bond motifs is 1. The van der Waals surface area contributed by atoms with Gasteiger partial charge in [0.1, 0.15) is 0 Å². The first-order valence-electron chi connectivity index (χ1n) is 6.38. The van der Waals surface area contributed by atoms with Crippen LogP contribution in [0.5, 0.6) is 0 Å². The van der Waals surface area contributed by atoms with E-state index in [2.05, 4.69) is 12.6 Å². The minimum absolute atomic E-state index is 0.126. The maximum Gasteiger partial charge on any atom is 0.181 e. The smallest absolute Gasteiger partial charge is 0.181 e. The van der Waals surface area contributed by atoms with Crippen molar-refractivity contribution in [3.63, 3.8) is 0 Å². The van der Waals surface area contributed by atoms with Crippen molar-refractivity contribution in [2.24, 2.45) is 5.73 Å². The van der Waals surface area contributed by atoms with Gasteiger partial charge >= 0.3 is 0 Å².